The van der Waals surface area contributed by atoms with Crippen LogP contribution in [0.1, 0.15) is 48.2 Å². The number of aliphatic hydroxyl groups is 1. The molecule has 1 saturated heterocycles. The molecule has 1 atom stereocenters. The second-order valence-corrected chi connectivity index (χ2v) is 8.99. The number of pyridine rings is 1. The van der Waals surface area contributed by atoms with E-state index in [1.807, 2.05) is 13.8 Å². The van der Waals surface area contributed by atoms with Gasteiger partial charge in [0.25, 0.3) is 11.7 Å². The summed E-state index contributed by atoms with van der Waals surface area (Å²) in [5.41, 5.74) is 2.38. The van der Waals surface area contributed by atoms with E-state index >= 15 is 0 Å². The second kappa shape index (κ2) is 9.50. The molecule has 3 aromatic rings. The van der Waals surface area contributed by atoms with Crippen LogP contribution in [0.15, 0.2) is 60.3 Å². The van der Waals surface area contributed by atoms with E-state index in [1.165, 1.54) is 23.2 Å². The SMILES string of the molecule is COc1cc(C)c(/C(O)=C2\C(=O)C(=O)N(c3ccc(F)c(Cl)c3)C2c2ccccn2)cc1C(C)C. The van der Waals surface area contributed by atoms with Gasteiger partial charge in [0, 0.05) is 17.4 Å². The molecule has 0 aliphatic carbocycles. The summed E-state index contributed by atoms with van der Waals surface area (Å²) in [5.74, 6) is -1.99. The quantitative estimate of drug-likeness (QED) is 0.270. The Labute approximate surface area is 207 Å². The van der Waals surface area contributed by atoms with Gasteiger partial charge in [-0.2, -0.15) is 0 Å². The number of aromatic nitrogens is 1. The molecule has 6 nitrogen and oxygen atoms in total. The second-order valence-electron chi connectivity index (χ2n) is 8.59. The molecule has 8 heteroatoms. The molecule has 1 unspecified atom stereocenters. The van der Waals surface area contributed by atoms with Crippen molar-refractivity contribution in [2.75, 3.05) is 12.0 Å². The highest BCUT2D eigenvalue weighted by Gasteiger charge is 2.48. The van der Waals surface area contributed by atoms with Gasteiger partial charge in [-0.25, -0.2) is 4.39 Å². The number of rotatable bonds is 5. The van der Waals surface area contributed by atoms with Crippen molar-refractivity contribution in [2.24, 2.45) is 0 Å². The Bertz CT molecular complexity index is 1350. The Hall–Kier alpha value is -3.71. The fourth-order valence-electron chi connectivity index (χ4n) is 4.28. The predicted molar refractivity (Wildman–Crippen MR) is 132 cm³/mol. The first-order chi connectivity index (χ1) is 16.6. The van der Waals surface area contributed by atoms with Crippen LogP contribution >= 0.6 is 11.6 Å². The fraction of sp³-hybridized carbons (Fsp3) is 0.222. The van der Waals surface area contributed by atoms with Crippen LogP contribution in [-0.2, 0) is 9.59 Å². The Morgan fingerprint density at radius 2 is 1.91 bits per heavy atom. The lowest BCUT2D eigenvalue weighted by molar-refractivity contribution is -0.132. The highest BCUT2D eigenvalue weighted by atomic mass is 35.5. The molecular formula is C27H24ClFN2O4. The number of aryl methyl sites for hydroxylation is 1. The largest absolute Gasteiger partial charge is 0.507 e. The number of ketones is 1. The zero-order valence-corrected chi connectivity index (χ0v) is 20.4. The Kier molecular flexibility index (Phi) is 6.63. The molecule has 2 aromatic carbocycles. The normalized spacial score (nSPS) is 17.3. The van der Waals surface area contributed by atoms with E-state index in [0.717, 1.165) is 11.6 Å². The summed E-state index contributed by atoms with van der Waals surface area (Å²) in [6.45, 7) is 5.76. The van der Waals surface area contributed by atoms with Crippen LogP contribution in [0.4, 0.5) is 10.1 Å². The molecule has 35 heavy (non-hydrogen) atoms. The Morgan fingerprint density at radius 1 is 1.17 bits per heavy atom. The maximum atomic E-state index is 13.8. The minimum Gasteiger partial charge on any atom is -0.507 e. The molecule has 1 aliphatic heterocycles. The molecule has 1 aliphatic rings. The standard InChI is InChI=1S/C27H24ClFN2O4/c1-14(2)17-13-18(15(3)11-22(17)35-4)25(32)23-24(21-7-5-6-10-30-21)31(27(34)26(23)33)16-8-9-20(29)19(28)12-16/h5-14,24,32H,1-4H3/b25-23+. The summed E-state index contributed by atoms with van der Waals surface area (Å²) in [6.07, 6.45) is 1.53. The molecule has 0 radical (unpaired) electrons. The number of carbonyl (C=O) groups excluding carboxylic acids is 2. The highest BCUT2D eigenvalue weighted by molar-refractivity contribution is 6.51. The van der Waals surface area contributed by atoms with Gasteiger partial charge in [0.15, 0.2) is 0 Å². The fourth-order valence-corrected chi connectivity index (χ4v) is 4.45. The van der Waals surface area contributed by atoms with Crippen LogP contribution in [0, 0.1) is 12.7 Å². The van der Waals surface area contributed by atoms with E-state index in [2.05, 4.69) is 4.98 Å². The molecule has 1 amide bonds. The number of anilines is 1. The molecule has 0 saturated carbocycles. The molecular weight excluding hydrogens is 471 g/mol. The van der Waals surface area contributed by atoms with Gasteiger partial charge < -0.3 is 9.84 Å². The summed E-state index contributed by atoms with van der Waals surface area (Å²) >= 11 is 5.97. The summed E-state index contributed by atoms with van der Waals surface area (Å²) in [6, 6.07) is 11.3. The number of hydrogen-bond acceptors (Lipinski definition) is 5. The van der Waals surface area contributed by atoms with Gasteiger partial charge in [-0.1, -0.05) is 31.5 Å². The average Bonchev–Trinajstić information content (AvgIpc) is 3.11. The van der Waals surface area contributed by atoms with E-state index in [1.54, 1.807) is 44.4 Å². The van der Waals surface area contributed by atoms with E-state index in [9.17, 15) is 19.1 Å². The van der Waals surface area contributed by atoms with Crippen molar-refractivity contribution in [1.29, 1.82) is 0 Å². The molecule has 2 heterocycles. The number of benzene rings is 2. The Balaban J connectivity index is 1.98. The van der Waals surface area contributed by atoms with Gasteiger partial charge in [-0.05, 0) is 66.4 Å². The van der Waals surface area contributed by atoms with Crippen LogP contribution in [0.3, 0.4) is 0 Å². The maximum absolute atomic E-state index is 13.8. The van der Waals surface area contributed by atoms with E-state index in [4.69, 9.17) is 16.3 Å². The van der Waals surface area contributed by atoms with Gasteiger partial charge in [0.2, 0.25) is 0 Å². The monoisotopic (exact) mass is 494 g/mol. The maximum Gasteiger partial charge on any atom is 0.300 e. The number of hydrogen-bond donors (Lipinski definition) is 1. The first-order valence-electron chi connectivity index (χ1n) is 11.0. The smallest absolute Gasteiger partial charge is 0.300 e. The van der Waals surface area contributed by atoms with Crippen molar-refractivity contribution in [3.05, 3.63) is 93.5 Å². The summed E-state index contributed by atoms with van der Waals surface area (Å²) in [4.78, 5) is 32.1. The lowest BCUT2D eigenvalue weighted by Crippen LogP contribution is -2.29. The topological polar surface area (TPSA) is 79.7 Å². The number of amides is 1. The third-order valence-electron chi connectivity index (χ3n) is 6.05. The van der Waals surface area contributed by atoms with Gasteiger partial charge >= 0.3 is 0 Å². The minimum absolute atomic E-state index is 0.0763. The molecule has 4 rings (SSSR count). The van der Waals surface area contributed by atoms with E-state index in [0.29, 0.717) is 22.6 Å². The average molecular weight is 495 g/mol. The first-order valence-corrected chi connectivity index (χ1v) is 11.4. The van der Waals surface area contributed by atoms with Crippen molar-refractivity contribution in [3.8, 4) is 5.75 Å². The minimum atomic E-state index is -1.04. The predicted octanol–water partition coefficient (Wildman–Crippen LogP) is 5.94. The van der Waals surface area contributed by atoms with E-state index < -0.39 is 23.5 Å². The number of ether oxygens (including phenoxy) is 1. The van der Waals surface area contributed by atoms with Crippen molar-refractivity contribution in [1.82, 2.24) is 4.98 Å². The third-order valence-corrected chi connectivity index (χ3v) is 6.34. The van der Waals surface area contributed by atoms with Crippen LogP contribution < -0.4 is 9.64 Å². The molecule has 1 aromatic heterocycles. The van der Waals surface area contributed by atoms with Gasteiger partial charge in [0.1, 0.15) is 23.4 Å². The van der Waals surface area contributed by atoms with E-state index in [-0.39, 0.29) is 28.0 Å². The molecule has 0 spiro atoms. The number of nitrogens with zero attached hydrogens (tertiary/aromatic N) is 2. The number of halogens is 2. The van der Waals surface area contributed by atoms with Crippen molar-refractivity contribution in [3.63, 3.8) is 0 Å². The number of Topliss-reactive ketones (excluding diaryl/α,β-unsaturated/α-hetero) is 1. The van der Waals surface area contributed by atoms with Crippen LogP contribution in [0.25, 0.3) is 5.76 Å². The van der Waals surface area contributed by atoms with Crippen LogP contribution in [0.5, 0.6) is 5.75 Å². The lowest BCUT2D eigenvalue weighted by Gasteiger charge is -2.25. The van der Waals surface area contributed by atoms with Gasteiger partial charge in [0.05, 0.1) is 23.4 Å². The number of aliphatic hydroxyl groups excluding tert-OH is 1. The molecule has 1 fully saturated rings. The van der Waals surface area contributed by atoms with Crippen molar-refractivity contribution >= 4 is 34.7 Å². The Morgan fingerprint density at radius 3 is 2.51 bits per heavy atom. The first kappa shape index (κ1) is 24.4. The molecule has 1 N–H and O–H groups in total. The molecule has 180 valence electrons. The highest BCUT2D eigenvalue weighted by Crippen LogP contribution is 2.43. The third kappa shape index (κ3) is 4.28. The summed E-state index contributed by atoms with van der Waals surface area (Å²) in [7, 11) is 1.57. The van der Waals surface area contributed by atoms with Crippen LogP contribution in [-0.4, -0.2) is 28.9 Å². The van der Waals surface area contributed by atoms with Gasteiger partial charge in [-0.3, -0.25) is 19.5 Å². The van der Waals surface area contributed by atoms with Crippen molar-refractivity contribution in [2.45, 2.75) is 32.7 Å². The summed E-state index contributed by atoms with van der Waals surface area (Å²) in [5, 5.41) is 11.3. The zero-order valence-electron chi connectivity index (χ0n) is 19.7. The summed E-state index contributed by atoms with van der Waals surface area (Å²) < 4.78 is 19.3. The number of carbonyl (C=O) groups is 2. The zero-order chi connectivity index (χ0) is 25.4. The molecule has 0 bridgehead atoms. The number of methoxy groups -OCH3 is 1. The van der Waals surface area contributed by atoms with Gasteiger partial charge in [-0.15, -0.1) is 0 Å². The lowest BCUT2D eigenvalue weighted by atomic mass is 9.92. The van der Waals surface area contributed by atoms with Crippen molar-refractivity contribution < 1.29 is 23.8 Å². The van der Waals surface area contributed by atoms with Crippen LogP contribution in [0.2, 0.25) is 5.02 Å².